The molecule has 6 nitrogen and oxygen atoms in total. The van der Waals surface area contributed by atoms with Crippen molar-refractivity contribution in [3.8, 4) is 0 Å². The van der Waals surface area contributed by atoms with Crippen LogP contribution in [0.25, 0.3) is 0 Å². The number of carbonyl (C=O) groups excluding carboxylic acids is 3. The zero-order valence-corrected chi connectivity index (χ0v) is 19.7. The highest BCUT2D eigenvalue weighted by Gasteiger charge is 2.20. The summed E-state index contributed by atoms with van der Waals surface area (Å²) in [5, 5.41) is 2.74. The molecule has 1 N–H and O–H groups in total. The maximum atomic E-state index is 12.5. The predicted octanol–water partition coefficient (Wildman–Crippen LogP) is 3.03. The number of esters is 2. The van der Waals surface area contributed by atoms with Gasteiger partial charge in [0.1, 0.15) is 6.61 Å². The minimum atomic E-state index is -0.726. The van der Waals surface area contributed by atoms with Gasteiger partial charge in [-0.3, -0.25) is 14.4 Å². The first kappa shape index (κ1) is 21.9. The molecule has 24 heavy (non-hydrogen) atoms. The Morgan fingerprint density at radius 3 is 2.29 bits per heavy atom. The lowest BCUT2D eigenvalue weighted by atomic mass is 10.1. The summed E-state index contributed by atoms with van der Waals surface area (Å²) >= 11 is 6.50. The molecule has 1 unspecified atom stereocenters. The Bertz CT molecular complexity index is 663. The summed E-state index contributed by atoms with van der Waals surface area (Å²) in [6.45, 7) is 4.44. The van der Waals surface area contributed by atoms with Gasteiger partial charge in [0.15, 0.2) is 6.10 Å². The van der Waals surface area contributed by atoms with Crippen molar-refractivity contribution in [2.24, 2.45) is 0 Å². The van der Waals surface area contributed by atoms with Gasteiger partial charge in [-0.25, -0.2) is 0 Å². The van der Waals surface area contributed by atoms with Gasteiger partial charge in [-0.2, -0.15) is 0 Å². The fourth-order valence-electron chi connectivity index (χ4n) is 1.77. The third kappa shape index (κ3) is 6.61. The lowest BCUT2D eigenvalue weighted by Crippen LogP contribution is -2.38. The van der Waals surface area contributed by atoms with Crippen LogP contribution in [0.5, 0.6) is 0 Å². The normalized spacial score (nSPS) is 11.6. The molecule has 1 atom stereocenters. The molecule has 1 aromatic carbocycles. The summed E-state index contributed by atoms with van der Waals surface area (Å²) in [5.41, 5.74) is 1.63. The maximum absolute atomic E-state index is 12.5. The number of amides is 1. The van der Waals surface area contributed by atoms with Crippen LogP contribution >= 0.6 is 67.8 Å². The average molecular weight is 671 g/mol. The van der Waals surface area contributed by atoms with Gasteiger partial charge in [0, 0.05) is 24.6 Å². The minimum absolute atomic E-state index is 0.0584. The van der Waals surface area contributed by atoms with Crippen LogP contribution in [0, 0.1) is 17.6 Å². The summed E-state index contributed by atoms with van der Waals surface area (Å²) in [7, 11) is 0. The van der Waals surface area contributed by atoms with E-state index in [-0.39, 0.29) is 19.1 Å². The second kappa shape index (κ2) is 10.1. The quantitative estimate of drug-likeness (QED) is 0.372. The average Bonchev–Trinajstić information content (AvgIpc) is 2.47. The Balaban J connectivity index is 2.84. The number of hydrogen-bond donors (Lipinski definition) is 1. The van der Waals surface area contributed by atoms with Gasteiger partial charge >= 0.3 is 11.9 Å². The molecule has 0 spiro atoms. The lowest BCUT2D eigenvalue weighted by molar-refractivity contribution is -0.155. The summed E-state index contributed by atoms with van der Waals surface area (Å²) in [5.74, 6) is -1.24. The first-order valence-corrected chi connectivity index (χ1v) is 10.1. The van der Waals surface area contributed by atoms with Crippen molar-refractivity contribution in [3.05, 3.63) is 27.9 Å². The van der Waals surface area contributed by atoms with Crippen LogP contribution < -0.4 is 5.32 Å². The van der Waals surface area contributed by atoms with Crippen LogP contribution in [0.1, 0.15) is 29.8 Å². The highest BCUT2D eigenvalue weighted by Crippen LogP contribution is 2.27. The van der Waals surface area contributed by atoms with E-state index in [1.54, 1.807) is 0 Å². The molecule has 9 heteroatoms. The Morgan fingerprint density at radius 2 is 1.75 bits per heavy atom. The molecule has 0 bridgehead atoms. The van der Waals surface area contributed by atoms with Gasteiger partial charge in [-0.15, -0.1) is 0 Å². The molecule has 0 aliphatic carbocycles. The molecule has 1 rings (SSSR count). The summed E-state index contributed by atoms with van der Waals surface area (Å²) in [6.07, 6.45) is -0.726. The number of carbonyl (C=O) groups is 3. The van der Waals surface area contributed by atoms with Gasteiger partial charge < -0.3 is 14.8 Å². The monoisotopic (exact) mass is 671 g/mol. The first-order chi connectivity index (χ1) is 11.1. The number of benzene rings is 1. The molecular weight excluding hydrogens is 655 g/mol. The predicted molar refractivity (Wildman–Crippen MR) is 114 cm³/mol. The van der Waals surface area contributed by atoms with Gasteiger partial charge in [0.25, 0.3) is 5.91 Å². The minimum Gasteiger partial charge on any atom is -0.462 e. The van der Waals surface area contributed by atoms with Crippen LogP contribution in [0.4, 0.5) is 0 Å². The zero-order chi connectivity index (χ0) is 18.4. The van der Waals surface area contributed by atoms with Crippen molar-refractivity contribution < 1.29 is 23.9 Å². The summed E-state index contributed by atoms with van der Waals surface area (Å²) < 4.78 is 12.7. The Morgan fingerprint density at radius 1 is 1.12 bits per heavy atom. The third-order valence-corrected chi connectivity index (χ3v) is 6.24. The molecule has 1 aromatic rings. The van der Waals surface area contributed by atoms with Crippen molar-refractivity contribution in [2.75, 3.05) is 13.2 Å². The molecule has 0 saturated heterocycles. The molecule has 0 aliphatic rings. The van der Waals surface area contributed by atoms with Crippen LogP contribution in [-0.2, 0) is 19.1 Å². The molecule has 0 fully saturated rings. The van der Waals surface area contributed by atoms with Crippen molar-refractivity contribution in [3.63, 3.8) is 0 Å². The second-order valence-electron chi connectivity index (χ2n) is 4.90. The fraction of sp³-hybridized carbons (Fsp3) is 0.400. The highest BCUT2D eigenvalue weighted by atomic mass is 127. The number of ether oxygens (including phenoxy) is 2. The molecule has 1 amide bonds. The van der Waals surface area contributed by atoms with Gasteiger partial charge in [-0.05, 0) is 86.3 Å². The molecule has 132 valence electrons. The Kier molecular flexibility index (Phi) is 9.19. The SMILES string of the molecule is CC(=O)OCC(CNC(=O)c1c(I)cc(I)c(C)c1I)OC(C)=O. The smallest absolute Gasteiger partial charge is 0.303 e. The molecule has 0 saturated carbocycles. The van der Waals surface area contributed by atoms with E-state index in [0.717, 1.165) is 16.3 Å². The molecule has 0 radical (unpaired) electrons. The van der Waals surface area contributed by atoms with Crippen LogP contribution in [0.2, 0.25) is 0 Å². The fourth-order valence-corrected chi connectivity index (χ4v) is 5.63. The van der Waals surface area contributed by atoms with E-state index in [1.807, 2.05) is 13.0 Å². The van der Waals surface area contributed by atoms with E-state index in [9.17, 15) is 14.4 Å². The van der Waals surface area contributed by atoms with E-state index in [4.69, 9.17) is 9.47 Å². The number of halogens is 3. The van der Waals surface area contributed by atoms with Crippen LogP contribution in [0.3, 0.4) is 0 Å². The number of rotatable bonds is 6. The maximum Gasteiger partial charge on any atom is 0.303 e. The van der Waals surface area contributed by atoms with Gasteiger partial charge in [-0.1, -0.05) is 0 Å². The van der Waals surface area contributed by atoms with Crippen LogP contribution in [0.15, 0.2) is 6.07 Å². The summed E-state index contributed by atoms with van der Waals surface area (Å²) in [4.78, 5) is 34.5. The number of hydrogen-bond acceptors (Lipinski definition) is 5. The molecule has 0 aliphatic heterocycles. The standard InChI is InChI=1S/C15H16I3NO5/c1-7-11(16)4-12(17)13(14(7)18)15(22)19-5-10(24-9(3)21)6-23-8(2)20/h4,10H,5-6H2,1-3H3,(H,19,22). The largest absolute Gasteiger partial charge is 0.462 e. The highest BCUT2D eigenvalue weighted by molar-refractivity contribution is 14.1. The van der Waals surface area contributed by atoms with Crippen molar-refractivity contribution in [1.82, 2.24) is 5.32 Å². The first-order valence-electron chi connectivity index (χ1n) is 6.86. The van der Waals surface area contributed by atoms with E-state index in [2.05, 4.69) is 73.1 Å². The lowest BCUT2D eigenvalue weighted by Gasteiger charge is -2.18. The second-order valence-corrected chi connectivity index (χ2v) is 8.30. The van der Waals surface area contributed by atoms with E-state index in [1.165, 1.54) is 13.8 Å². The van der Waals surface area contributed by atoms with E-state index in [0.29, 0.717) is 5.56 Å². The van der Waals surface area contributed by atoms with Gasteiger partial charge in [0.2, 0.25) is 0 Å². The van der Waals surface area contributed by atoms with E-state index >= 15 is 0 Å². The molecule has 0 heterocycles. The Labute approximate surface area is 181 Å². The summed E-state index contributed by atoms with van der Waals surface area (Å²) in [6, 6.07) is 1.94. The zero-order valence-electron chi connectivity index (χ0n) is 13.2. The van der Waals surface area contributed by atoms with Crippen molar-refractivity contribution in [2.45, 2.75) is 26.9 Å². The van der Waals surface area contributed by atoms with E-state index < -0.39 is 18.0 Å². The van der Waals surface area contributed by atoms with Gasteiger partial charge in [0.05, 0.1) is 12.1 Å². The molecular formula is C15H16I3NO5. The van der Waals surface area contributed by atoms with Crippen LogP contribution in [-0.4, -0.2) is 37.1 Å². The Hall–Kier alpha value is -0.180. The number of nitrogens with one attached hydrogen (secondary N) is 1. The molecule has 0 aromatic heterocycles. The van der Waals surface area contributed by atoms with Crippen molar-refractivity contribution in [1.29, 1.82) is 0 Å². The third-order valence-electron chi connectivity index (χ3n) is 2.92. The topological polar surface area (TPSA) is 81.7 Å². The van der Waals surface area contributed by atoms with Crippen molar-refractivity contribution >= 4 is 85.6 Å².